The summed E-state index contributed by atoms with van der Waals surface area (Å²) in [5.74, 6) is -0.506. The van der Waals surface area contributed by atoms with Crippen LogP contribution in [0.1, 0.15) is 15.9 Å². The summed E-state index contributed by atoms with van der Waals surface area (Å²) in [5.41, 5.74) is 0.789. The third-order valence-corrected chi connectivity index (χ3v) is 2.64. The van der Waals surface area contributed by atoms with Crippen molar-refractivity contribution in [1.82, 2.24) is 0 Å². The second kappa shape index (κ2) is 5.77. The SMILES string of the molecule is CO/C=C/c1c(Cl)ccc(C(=O)OC)c1Cl. The minimum Gasteiger partial charge on any atom is -0.504 e. The molecule has 0 aromatic heterocycles. The van der Waals surface area contributed by atoms with E-state index in [-0.39, 0.29) is 10.6 Å². The first-order valence-corrected chi connectivity index (χ1v) is 5.13. The molecule has 0 fully saturated rings. The molecule has 16 heavy (non-hydrogen) atoms. The average molecular weight is 261 g/mol. The number of rotatable bonds is 3. The van der Waals surface area contributed by atoms with Crippen LogP contribution in [-0.2, 0) is 9.47 Å². The Hall–Kier alpha value is -1.19. The first kappa shape index (κ1) is 12.9. The molecule has 0 saturated heterocycles. The van der Waals surface area contributed by atoms with Crippen molar-refractivity contribution in [1.29, 1.82) is 0 Å². The van der Waals surface area contributed by atoms with Gasteiger partial charge in [0.05, 0.1) is 31.1 Å². The summed E-state index contributed by atoms with van der Waals surface area (Å²) in [4.78, 5) is 11.4. The molecule has 86 valence electrons. The van der Waals surface area contributed by atoms with Crippen LogP contribution < -0.4 is 0 Å². The molecule has 1 aromatic rings. The Labute approximate surface area is 104 Å². The van der Waals surface area contributed by atoms with E-state index in [1.165, 1.54) is 26.5 Å². The lowest BCUT2D eigenvalue weighted by Gasteiger charge is -2.06. The maximum absolute atomic E-state index is 11.4. The Bertz CT molecular complexity index is 427. The van der Waals surface area contributed by atoms with Gasteiger partial charge in [-0.25, -0.2) is 4.79 Å². The van der Waals surface area contributed by atoms with Crippen LogP contribution in [-0.4, -0.2) is 20.2 Å². The summed E-state index contributed by atoms with van der Waals surface area (Å²) in [5, 5.41) is 0.679. The predicted molar refractivity (Wildman–Crippen MR) is 63.8 cm³/mol. The van der Waals surface area contributed by atoms with Crippen molar-refractivity contribution in [3.05, 3.63) is 39.6 Å². The molecule has 0 radical (unpaired) electrons. The summed E-state index contributed by atoms with van der Waals surface area (Å²) in [6.45, 7) is 0. The fourth-order valence-electron chi connectivity index (χ4n) is 1.13. The van der Waals surface area contributed by atoms with Gasteiger partial charge < -0.3 is 9.47 Å². The molecule has 0 aliphatic rings. The Kier molecular flexibility index (Phi) is 4.65. The molecule has 0 aliphatic carbocycles. The van der Waals surface area contributed by atoms with Crippen LogP contribution in [0.15, 0.2) is 18.4 Å². The third-order valence-electron chi connectivity index (χ3n) is 1.90. The molecular weight excluding hydrogens is 251 g/mol. The molecule has 0 amide bonds. The first-order valence-electron chi connectivity index (χ1n) is 4.37. The van der Waals surface area contributed by atoms with Gasteiger partial charge in [-0.1, -0.05) is 23.2 Å². The Morgan fingerprint density at radius 1 is 1.31 bits per heavy atom. The highest BCUT2D eigenvalue weighted by atomic mass is 35.5. The quantitative estimate of drug-likeness (QED) is 0.618. The van der Waals surface area contributed by atoms with E-state index in [0.29, 0.717) is 10.6 Å². The van der Waals surface area contributed by atoms with Gasteiger partial charge >= 0.3 is 5.97 Å². The van der Waals surface area contributed by atoms with E-state index in [9.17, 15) is 4.79 Å². The van der Waals surface area contributed by atoms with Crippen molar-refractivity contribution in [3.63, 3.8) is 0 Å². The Morgan fingerprint density at radius 2 is 2.00 bits per heavy atom. The molecule has 0 N–H and O–H groups in total. The highest BCUT2D eigenvalue weighted by Gasteiger charge is 2.14. The molecule has 0 saturated carbocycles. The second-order valence-electron chi connectivity index (χ2n) is 2.85. The molecule has 1 aromatic carbocycles. The van der Waals surface area contributed by atoms with Crippen molar-refractivity contribution >= 4 is 35.2 Å². The fourth-order valence-corrected chi connectivity index (χ4v) is 1.70. The third kappa shape index (κ3) is 2.68. The van der Waals surface area contributed by atoms with E-state index in [2.05, 4.69) is 4.74 Å². The van der Waals surface area contributed by atoms with Crippen LogP contribution in [0, 0.1) is 0 Å². The number of carbonyl (C=O) groups is 1. The maximum Gasteiger partial charge on any atom is 0.339 e. The van der Waals surface area contributed by atoms with Crippen molar-refractivity contribution in [2.75, 3.05) is 14.2 Å². The van der Waals surface area contributed by atoms with Crippen LogP contribution in [0.2, 0.25) is 10.0 Å². The molecular formula is C11H10Cl2O3. The van der Waals surface area contributed by atoms with Crippen LogP contribution >= 0.6 is 23.2 Å². The van der Waals surface area contributed by atoms with Crippen LogP contribution in [0.25, 0.3) is 6.08 Å². The topological polar surface area (TPSA) is 35.5 Å². The molecule has 0 atom stereocenters. The number of esters is 1. The lowest BCUT2D eigenvalue weighted by atomic mass is 10.1. The standard InChI is InChI=1S/C11H10Cl2O3/c1-15-6-5-7-9(12)4-3-8(10(7)13)11(14)16-2/h3-6H,1-2H3/b6-5+. The van der Waals surface area contributed by atoms with Crippen LogP contribution in [0.3, 0.4) is 0 Å². The summed E-state index contributed by atoms with van der Waals surface area (Å²) in [7, 11) is 2.79. The van der Waals surface area contributed by atoms with Crippen molar-refractivity contribution in [2.45, 2.75) is 0 Å². The maximum atomic E-state index is 11.4. The molecule has 0 aliphatic heterocycles. The zero-order valence-corrected chi connectivity index (χ0v) is 10.3. The minimum atomic E-state index is -0.506. The van der Waals surface area contributed by atoms with E-state index in [1.54, 1.807) is 12.1 Å². The second-order valence-corrected chi connectivity index (χ2v) is 3.64. The lowest BCUT2D eigenvalue weighted by Crippen LogP contribution is -2.03. The van der Waals surface area contributed by atoms with Gasteiger partial charge in [-0.3, -0.25) is 0 Å². The zero-order chi connectivity index (χ0) is 12.1. The number of hydrogen-bond donors (Lipinski definition) is 0. The Balaban J connectivity index is 3.26. The van der Waals surface area contributed by atoms with Gasteiger partial charge in [0.1, 0.15) is 0 Å². The number of halogens is 2. The van der Waals surface area contributed by atoms with E-state index < -0.39 is 5.97 Å². The molecule has 3 nitrogen and oxygen atoms in total. The van der Waals surface area contributed by atoms with Gasteiger partial charge in [-0.2, -0.15) is 0 Å². The van der Waals surface area contributed by atoms with Crippen LogP contribution in [0.5, 0.6) is 0 Å². The van der Waals surface area contributed by atoms with Crippen molar-refractivity contribution in [3.8, 4) is 0 Å². The number of ether oxygens (including phenoxy) is 2. The van der Waals surface area contributed by atoms with E-state index in [0.717, 1.165) is 0 Å². The van der Waals surface area contributed by atoms with Gasteiger partial charge in [0.25, 0.3) is 0 Å². The molecule has 0 bridgehead atoms. The van der Waals surface area contributed by atoms with Gasteiger partial charge in [0.15, 0.2) is 0 Å². The van der Waals surface area contributed by atoms with Crippen molar-refractivity contribution in [2.24, 2.45) is 0 Å². The Morgan fingerprint density at radius 3 is 2.56 bits per heavy atom. The molecule has 1 rings (SSSR count). The molecule has 0 unspecified atom stereocenters. The summed E-state index contributed by atoms with van der Waals surface area (Å²) in [6.07, 6.45) is 3.01. The minimum absolute atomic E-state index is 0.243. The number of carbonyl (C=O) groups excluding carboxylic acids is 1. The number of methoxy groups -OCH3 is 2. The predicted octanol–water partition coefficient (Wildman–Crippen LogP) is 3.40. The molecule has 0 heterocycles. The zero-order valence-electron chi connectivity index (χ0n) is 8.79. The average Bonchev–Trinajstić information content (AvgIpc) is 2.28. The molecule has 0 spiro atoms. The number of hydrogen-bond acceptors (Lipinski definition) is 3. The summed E-state index contributed by atoms with van der Waals surface area (Å²) in [6, 6.07) is 3.09. The van der Waals surface area contributed by atoms with E-state index >= 15 is 0 Å². The van der Waals surface area contributed by atoms with E-state index in [4.69, 9.17) is 27.9 Å². The highest BCUT2D eigenvalue weighted by molar-refractivity contribution is 6.39. The smallest absolute Gasteiger partial charge is 0.339 e. The first-order chi connectivity index (χ1) is 7.61. The van der Waals surface area contributed by atoms with Gasteiger partial charge in [0.2, 0.25) is 0 Å². The van der Waals surface area contributed by atoms with Gasteiger partial charge in [0, 0.05) is 10.6 Å². The van der Waals surface area contributed by atoms with E-state index in [1.807, 2.05) is 0 Å². The fraction of sp³-hybridized carbons (Fsp3) is 0.182. The summed E-state index contributed by atoms with van der Waals surface area (Å²) < 4.78 is 9.36. The molecule has 5 heteroatoms. The number of benzene rings is 1. The van der Waals surface area contributed by atoms with Gasteiger partial charge in [-0.05, 0) is 18.2 Å². The monoisotopic (exact) mass is 260 g/mol. The van der Waals surface area contributed by atoms with Gasteiger partial charge in [-0.15, -0.1) is 0 Å². The van der Waals surface area contributed by atoms with Crippen LogP contribution in [0.4, 0.5) is 0 Å². The summed E-state index contributed by atoms with van der Waals surface area (Å²) >= 11 is 12.0. The highest BCUT2D eigenvalue weighted by Crippen LogP contribution is 2.29. The largest absolute Gasteiger partial charge is 0.504 e. The lowest BCUT2D eigenvalue weighted by molar-refractivity contribution is 0.0601. The van der Waals surface area contributed by atoms with Crippen molar-refractivity contribution < 1.29 is 14.3 Å². The normalized spacial score (nSPS) is 10.5.